The number of benzene rings is 1. The summed E-state index contributed by atoms with van der Waals surface area (Å²) in [6, 6.07) is 4.64. The van der Waals surface area contributed by atoms with Crippen LogP contribution in [0.15, 0.2) is 18.2 Å². The molecule has 1 aromatic rings. The van der Waals surface area contributed by atoms with Gasteiger partial charge in [-0.3, -0.25) is 14.9 Å². The predicted octanol–water partition coefficient (Wildman–Crippen LogP) is 2.26. The maximum absolute atomic E-state index is 12.5. The Morgan fingerprint density at radius 3 is 2.73 bits per heavy atom. The van der Waals surface area contributed by atoms with E-state index < -0.39 is 4.92 Å². The monoisotopic (exact) mass is 364 g/mol. The number of rotatable bonds is 9. The van der Waals surface area contributed by atoms with E-state index in [1.165, 1.54) is 6.07 Å². The number of ether oxygens (including phenoxy) is 1. The fourth-order valence-electron chi connectivity index (χ4n) is 3.15. The Balaban J connectivity index is 1.98. The number of hydrogen-bond acceptors (Lipinski definition) is 6. The summed E-state index contributed by atoms with van der Waals surface area (Å²) in [7, 11) is 1.57. The van der Waals surface area contributed by atoms with Crippen LogP contribution in [0.3, 0.4) is 0 Å². The van der Waals surface area contributed by atoms with Crippen LogP contribution >= 0.6 is 0 Å². The average Bonchev–Trinajstić information content (AvgIpc) is 2.63. The second-order valence-electron chi connectivity index (χ2n) is 6.50. The van der Waals surface area contributed by atoms with Crippen molar-refractivity contribution >= 4 is 17.3 Å². The fraction of sp³-hybridized carbons (Fsp3) is 0.611. The number of carbonyl (C=O) groups is 1. The van der Waals surface area contributed by atoms with Gasteiger partial charge in [-0.25, -0.2) is 0 Å². The molecule has 1 heterocycles. The van der Waals surface area contributed by atoms with Crippen molar-refractivity contribution in [2.24, 2.45) is 0 Å². The van der Waals surface area contributed by atoms with Gasteiger partial charge in [-0.05, 0) is 37.9 Å². The van der Waals surface area contributed by atoms with Crippen molar-refractivity contribution in [1.29, 1.82) is 0 Å². The predicted molar refractivity (Wildman–Crippen MR) is 101 cm³/mol. The maximum atomic E-state index is 12.5. The molecule has 1 aliphatic rings. The van der Waals surface area contributed by atoms with E-state index in [4.69, 9.17) is 4.74 Å². The highest BCUT2D eigenvalue weighted by molar-refractivity contribution is 5.95. The molecule has 8 heteroatoms. The van der Waals surface area contributed by atoms with Gasteiger partial charge in [-0.1, -0.05) is 6.92 Å². The molecule has 8 nitrogen and oxygen atoms in total. The lowest BCUT2D eigenvalue weighted by atomic mass is 10.0. The molecule has 0 bridgehead atoms. The standard InChI is InChI=1S/C18H28N4O4/c1-3-9-21-10-6-15(7-11-21)20-18(23)14-4-5-16(19-8-12-26-2)17(13-14)22(24)25/h4-5,13,15,19H,3,6-12H2,1-2H3,(H,20,23). The average molecular weight is 364 g/mol. The van der Waals surface area contributed by atoms with Crippen molar-refractivity contribution in [2.75, 3.05) is 45.2 Å². The van der Waals surface area contributed by atoms with Crippen molar-refractivity contribution in [3.8, 4) is 0 Å². The van der Waals surface area contributed by atoms with Crippen molar-refractivity contribution in [1.82, 2.24) is 10.2 Å². The molecule has 0 aliphatic carbocycles. The zero-order chi connectivity index (χ0) is 18.9. The number of likely N-dealkylation sites (tertiary alicyclic amines) is 1. The molecule has 1 fully saturated rings. The van der Waals surface area contributed by atoms with Crippen LogP contribution in [0, 0.1) is 10.1 Å². The first kappa shape index (κ1) is 20.1. The zero-order valence-electron chi connectivity index (χ0n) is 15.5. The third-order valence-electron chi connectivity index (χ3n) is 4.54. The van der Waals surface area contributed by atoms with Gasteiger partial charge in [0.2, 0.25) is 0 Å². The van der Waals surface area contributed by atoms with E-state index in [0.29, 0.717) is 24.4 Å². The quantitative estimate of drug-likeness (QED) is 0.396. The summed E-state index contributed by atoms with van der Waals surface area (Å²) >= 11 is 0. The minimum Gasteiger partial charge on any atom is -0.383 e. The van der Waals surface area contributed by atoms with Gasteiger partial charge in [0.05, 0.1) is 11.5 Å². The molecule has 2 N–H and O–H groups in total. The number of methoxy groups -OCH3 is 1. The van der Waals surface area contributed by atoms with Crippen LogP contribution in [0.4, 0.5) is 11.4 Å². The van der Waals surface area contributed by atoms with E-state index in [0.717, 1.165) is 38.9 Å². The highest BCUT2D eigenvalue weighted by atomic mass is 16.6. The van der Waals surface area contributed by atoms with Gasteiger partial charge >= 0.3 is 0 Å². The van der Waals surface area contributed by atoms with Crippen LogP contribution in [0.5, 0.6) is 0 Å². The van der Waals surface area contributed by atoms with Crippen LogP contribution in [0.25, 0.3) is 0 Å². The summed E-state index contributed by atoms with van der Waals surface area (Å²) < 4.78 is 4.93. The lowest BCUT2D eigenvalue weighted by Gasteiger charge is -2.32. The molecule has 144 valence electrons. The van der Waals surface area contributed by atoms with E-state index in [9.17, 15) is 14.9 Å². The van der Waals surface area contributed by atoms with Gasteiger partial charge in [0.1, 0.15) is 5.69 Å². The molecule has 0 spiro atoms. The second-order valence-corrected chi connectivity index (χ2v) is 6.50. The maximum Gasteiger partial charge on any atom is 0.293 e. The van der Waals surface area contributed by atoms with Gasteiger partial charge in [0.25, 0.3) is 11.6 Å². The largest absolute Gasteiger partial charge is 0.383 e. The first-order valence-corrected chi connectivity index (χ1v) is 9.09. The Bertz CT molecular complexity index is 615. The molecule has 0 atom stereocenters. The minimum absolute atomic E-state index is 0.105. The highest BCUT2D eigenvalue weighted by Crippen LogP contribution is 2.25. The molecule has 0 radical (unpaired) electrons. The fourth-order valence-corrected chi connectivity index (χ4v) is 3.15. The highest BCUT2D eigenvalue weighted by Gasteiger charge is 2.22. The summed E-state index contributed by atoms with van der Waals surface area (Å²) in [4.78, 5) is 25.7. The number of anilines is 1. The summed E-state index contributed by atoms with van der Waals surface area (Å²) in [6.45, 7) is 6.09. The smallest absolute Gasteiger partial charge is 0.293 e. The number of nitro benzene ring substituents is 1. The molecule has 1 saturated heterocycles. The van der Waals surface area contributed by atoms with E-state index in [1.807, 2.05) is 0 Å². The summed E-state index contributed by atoms with van der Waals surface area (Å²) in [5.41, 5.74) is 0.591. The number of hydrogen-bond donors (Lipinski definition) is 2. The topological polar surface area (TPSA) is 96.7 Å². The van der Waals surface area contributed by atoms with E-state index in [1.54, 1.807) is 19.2 Å². The lowest BCUT2D eigenvalue weighted by molar-refractivity contribution is -0.384. The van der Waals surface area contributed by atoms with Gasteiger partial charge in [-0.2, -0.15) is 0 Å². The normalized spacial score (nSPS) is 15.6. The SMILES string of the molecule is CCCN1CCC(NC(=O)c2ccc(NCCOC)c([N+](=O)[O-])c2)CC1. The van der Waals surface area contributed by atoms with E-state index in [2.05, 4.69) is 22.5 Å². The van der Waals surface area contributed by atoms with Crippen LogP contribution in [-0.2, 0) is 4.74 Å². The molecule has 2 rings (SSSR count). The Kier molecular flexibility index (Phi) is 7.80. The molecule has 0 unspecified atom stereocenters. The van der Waals surface area contributed by atoms with Gasteiger partial charge < -0.3 is 20.3 Å². The molecule has 1 amide bonds. The van der Waals surface area contributed by atoms with Gasteiger partial charge in [0, 0.05) is 44.4 Å². The van der Waals surface area contributed by atoms with Crippen LogP contribution < -0.4 is 10.6 Å². The number of nitrogens with zero attached hydrogens (tertiary/aromatic N) is 2. The van der Waals surface area contributed by atoms with E-state index >= 15 is 0 Å². The summed E-state index contributed by atoms with van der Waals surface area (Å²) in [5.74, 6) is -0.259. The van der Waals surface area contributed by atoms with Gasteiger partial charge in [-0.15, -0.1) is 0 Å². The third-order valence-corrected chi connectivity index (χ3v) is 4.54. The molecular formula is C18H28N4O4. The zero-order valence-corrected chi connectivity index (χ0v) is 15.5. The Labute approximate surface area is 154 Å². The molecule has 0 saturated carbocycles. The van der Waals surface area contributed by atoms with Crippen molar-refractivity contribution in [3.63, 3.8) is 0 Å². The third kappa shape index (κ3) is 5.67. The van der Waals surface area contributed by atoms with Crippen LogP contribution in [0.2, 0.25) is 0 Å². The summed E-state index contributed by atoms with van der Waals surface area (Å²) in [5, 5.41) is 17.3. The Morgan fingerprint density at radius 1 is 1.38 bits per heavy atom. The number of amides is 1. The molecule has 1 aliphatic heterocycles. The van der Waals surface area contributed by atoms with Crippen molar-refractivity contribution in [2.45, 2.75) is 32.2 Å². The Morgan fingerprint density at radius 2 is 2.12 bits per heavy atom. The molecule has 0 aromatic heterocycles. The van der Waals surface area contributed by atoms with Crippen molar-refractivity contribution in [3.05, 3.63) is 33.9 Å². The number of carbonyl (C=O) groups excluding carboxylic acids is 1. The first-order chi connectivity index (χ1) is 12.5. The second kappa shape index (κ2) is 10.1. The lowest BCUT2D eigenvalue weighted by Crippen LogP contribution is -2.44. The van der Waals surface area contributed by atoms with E-state index in [-0.39, 0.29) is 17.6 Å². The molecule has 1 aromatic carbocycles. The number of nitro groups is 1. The van der Waals surface area contributed by atoms with Gasteiger partial charge in [0.15, 0.2) is 0 Å². The number of piperidine rings is 1. The minimum atomic E-state index is -0.477. The van der Waals surface area contributed by atoms with Crippen LogP contribution in [0.1, 0.15) is 36.5 Å². The van der Waals surface area contributed by atoms with Crippen LogP contribution in [-0.4, -0.2) is 61.7 Å². The molecular weight excluding hydrogens is 336 g/mol. The molecule has 26 heavy (non-hydrogen) atoms. The first-order valence-electron chi connectivity index (χ1n) is 9.09. The summed E-state index contributed by atoms with van der Waals surface area (Å²) in [6.07, 6.45) is 2.94. The van der Waals surface area contributed by atoms with Crippen molar-refractivity contribution < 1.29 is 14.5 Å². The Hall–Kier alpha value is -2.19. The number of nitrogens with one attached hydrogen (secondary N) is 2.